The number of aromatic nitrogens is 2. The van der Waals surface area contributed by atoms with Gasteiger partial charge in [0.1, 0.15) is 15.8 Å². The molecule has 0 spiro atoms. The van der Waals surface area contributed by atoms with Crippen molar-refractivity contribution in [2.75, 3.05) is 6.61 Å². The van der Waals surface area contributed by atoms with Crippen LogP contribution in [0, 0.1) is 0 Å². The Hall–Kier alpha value is -3.39. The predicted molar refractivity (Wildman–Crippen MR) is 150 cm³/mol. The minimum Gasteiger partial charge on any atom is -0.494 e. The molecule has 0 unspecified atom stereocenters. The maximum absolute atomic E-state index is 13.4. The van der Waals surface area contributed by atoms with Gasteiger partial charge in [0.25, 0.3) is 5.91 Å². The Balaban J connectivity index is 1.53. The third-order valence-electron chi connectivity index (χ3n) is 5.63. The molecule has 5 rings (SSSR count). The highest BCUT2D eigenvalue weighted by atomic mass is 35.5. The first-order valence-corrected chi connectivity index (χ1v) is 13.0. The molecule has 1 fully saturated rings. The van der Waals surface area contributed by atoms with Crippen LogP contribution in [0.5, 0.6) is 5.75 Å². The molecule has 1 amide bonds. The normalized spacial score (nSPS) is 14.6. The maximum atomic E-state index is 13.4. The van der Waals surface area contributed by atoms with Crippen LogP contribution in [0.2, 0.25) is 5.02 Å². The summed E-state index contributed by atoms with van der Waals surface area (Å²) in [6, 6.07) is 25.1. The Morgan fingerprint density at radius 3 is 2.61 bits per heavy atom. The van der Waals surface area contributed by atoms with E-state index in [2.05, 4.69) is 0 Å². The molecule has 0 N–H and O–H groups in total. The van der Waals surface area contributed by atoms with Crippen LogP contribution in [0.15, 0.2) is 90.0 Å². The van der Waals surface area contributed by atoms with Crippen molar-refractivity contribution in [2.24, 2.45) is 0 Å². The van der Waals surface area contributed by atoms with Crippen LogP contribution >= 0.6 is 35.6 Å². The van der Waals surface area contributed by atoms with Crippen molar-refractivity contribution in [1.29, 1.82) is 0 Å². The first-order chi connectivity index (χ1) is 17.5. The van der Waals surface area contributed by atoms with Crippen molar-refractivity contribution >= 4 is 51.9 Å². The minimum atomic E-state index is -0.147. The molecule has 0 atom stereocenters. The summed E-state index contributed by atoms with van der Waals surface area (Å²) in [4.78, 5) is 15.5. The molecule has 1 aliphatic heterocycles. The lowest BCUT2D eigenvalue weighted by Gasteiger charge is -2.15. The quantitative estimate of drug-likeness (QED) is 0.190. The van der Waals surface area contributed by atoms with E-state index in [4.69, 9.17) is 33.7 Å². The van der Waals surface area contributed by atoms with Gasteiger partial charge in [-0.15, -0.1) is 0 Å². The van der Waals surface area contributed by atoms with E-state index < -0.39 is 0 Å². The first-order valence-electron chi connectivity index (χ1n) is 11.4. The van der Waals surface area contributed by atoms with Gasteiger partial charge >= 0.3 is 0 Å². The second kappa shape index (κ2) is 10.7. The number of benzene rings is 3. The molecule has 1 aliphatic rings. The zero-order valence-corrected chi connectivity index (χ0v) is 21.8. The van der Waals surface area contributed by atoms with Gasteiger partial charge in [0.2, 0.25) is 0 Å². The van der Waals surface area contributed by atoms with Crippen molar-refractivity contribution in [1.82, 2.24) is 14.7 Å². The molecule has 8 heteroatoms. The van der Waals surface area contributed by atoms with Crippen LogP contribution in [0.4, 0.5) is 0 Å². The average Bonchev–Trinajstić information content (AvgIpc) is 3.43. The number of para-hydroxylation sites is 1. The van der Waals surface area contributed by atoms with Crippen LogP contribution in [0.1, 0.15) is 18.1 Å². The van der Waals surface area contributed by atoms with E-state index in [0.717, 1.165) is 33.8 Å². The van der Waals surface area contributed by atoms with Gasteiger partial charge in [0.05, 0.1) is 23.7 Å². The molecule has 2 heterocycles. The molecule has 0 radical (unpaired) electrons. The first kappa shape index (κ1) is 24.3. The Labute approximate surface area is 224 Å². The number of thioether (sulfide) groups is 1. The van der Waals surface area contributed by atoms with Crippen molar-refractivity contribution in [3.8, 4) is 22.7 Å². The SMILES string of the molecule is CCOc1cccc(-c2nn(-c3ccccc3)cc2/C=C2\SC(=S)N(Cc3ccccc3Cl)C2=O)c1. The fraction of sp³-hybridized carbons (Fsp3) is 0.107. The Morgan fingerprint density at radius 2 is 1.83 bits per heavy atom. The largest absolute Gasteiger partial charge is 0.494 e. The van der Waals surface area contributed by atoms with Gasteiger partial charge in [0, 0.05) is 22.3 Å². The number of hydrogen-bond acceptors (Lipinski definition) is 5. The molecule has 1 saturated heterocycles. The van der Waals surface area contributed by atoms with Gasteiger partial charge in [-0.25, -0.2) is 4.68 Å². The number of carbonyl (C=O) groups excluding carboxylic acids is 1. The number of rotatable bonds is 7. The summed E-state index contributed by atoms with van der Waals surface area (Å²) < 4.78 is 8.02. The molecular weight excluding hydrogens is 510 g/mol. The molecule has 4 aromatic rings. The summed E-state index contributed by atoms with van der Waals surface area (Å²) in [7, 11) is 0. The molecule has 5 nitrogen and oxygen atoms in total. The lowest BCUT2D eigenvalue weighted by atomic mass is 10.1. The van der Waals surface area contributed by atoms with E-state index in [1.807, 2.05) is 103 Å². The lowest BCUT2D eigenvalue weighted by molar-refractivity contribution is -0.122. The van der Waals surface area contributed by atoms with Gasteiger partial charge in [0.15, 0.2) is 0 Å². The number of nitrogens with zero attached hydrogens (tertiary/aromatic N) is 3. The van der Waals surface area contributed by atoms with Crippen molar-refractivity contribution in [2.45, 2.75) is 13.5 Å². The fourth-order valence-corrected chi connectivity index (χ4v) is 5.35. The van der Waals surface area contributed by atoms with Crippen LogP contribution < -0.4 is 4.74 Å². The van der Waals surface area contributed by atoms with Gasteiger partial charge in [-0.05, 0) is 48.9 Å². The third-order valence-corrected chi connectivity index (χ3v) is 7.37. The molecular formula is C28H22ClN3O2S2. The summed E-state index contributed by atoms with van der Waals surface area (Å²) in [5.41, 5.74) is 4.23. The number of amides is 1. The minimum absolute atomic E-state index is 0.147. The van der Waals surface area contributed by atoms with Crippen molar-refractivity contribution in [3.63, 3.8) is 0 Å². The maximum Gasteiger partial charge on any atom is 0.266 e. The molecule has 180 valence electrons. The van der Waals surface area contributed by atoms with Gasteiger partial charge in [-0.3, -0.25) is 9.69 Å². The topological polar surface area (TPSA) is 47.4 Å². The molecule has 0 aliphatic carbocycles. The zero-order chi connectivity index (χ0) is 25.1. The number of carbonyl (C=O) groups is 1. The highest BCUT2D eigenvalue weighted by molar-refractivity contribution is 8.26. The molecule has 0 bridgehead atoms. The Morgan fingerprint density at radius 1 is 1.06 bits per heavy atom. The highest BCUT2D eigenvalue weighted by Crippen LogP contribution is 2.36. The summed E-state index contributed by atoms with van der Waals surface area (Å²) in [6.45, 7) is 2.85. The number of hydrogen-bond donors (Lipinski definition) is 0. The van der Waals surface area contributed by atoms with Crippen molar-refractivity contribution < 1.29 is 9.53 Å². The highest BCUT2D eigenvalue weighted by Gasteiger charge is 2.33. The summed E-state index contributed by atoms with van der Waals surface area (Å²) in [6.07, 6.45) is 3.79. The Bertz CT molecular complexity index is 1470. The van der Waals surface area contributed by atoms with Gasteiger partial charge < -0.3 is 4.74 Å². The number of thiocarbonyl (C=S) groups is 1. The molecule has 3 aromatic carbocycles. The van der Waals surface area contributed by atoms with Crippen LogP contribution in [0.25, 0.3) is 23.0 Å². The van der Waals surface area contributed by atoms with E-state index in [1.54, 1.807) is 4.90 Å². The lowest BCUT2D eigenvalue weighted by Crippen LogP contribution is -2.27. The second-order valence-corrected chi connectivity index (χ2v) is 10.1. The van der Waals surface area contributed by atoms with Gasteiger partial charge in [-0.1, -0.05) is 84.1 Å². The van der Waals surface area contributed by atoms with Crippen LogP contribution in [0.3, 0.4) is 0 Å². The molecule has 1 aromatic heterocycles. The standard InChI is InChI=1S/C28H22ClN3O2S2/c1-2-34-23-13-8-10-19(15-23)26-21(18-32(30-26)22-11-4-3-5-12-22)16-25-27(33)31(28(35)36-25)17-20-9-6-7-14-24(20)29/h3-16,18H,2,17H2,1H3/b25-16-. The summed E-state index contributed by atoms with van der Waals surface area (Å²) in [5, 5.41) is 5.48. The summed E-state index contributed by atoms with van der Waals surface area (Å²) >= 11 is 13.2. The second-order valence-electron chi connectivity index (χ2n) is 8.03. The van der Waals surface area contributed by atoms with Gasteiger partial charge in [-0.2, -0.15) is 5.10 Å². The van der Waals surface area contributed by atoms with E-state index in [0.29, 0.717) is 27.4 Å². The van der Waals surface area contributed by atoms with E-state index in [1.165, 1.54) is 11.8 Å². The fourth-order valence-electron chi connectivity index (χ4n) is 3.90. The van der Waals surface area contributed by atoms with Crippen LogP contribution in [-0.4, -0.2) is 31.5 Å². The summed E-state index contributed by atoms with van der Waals surface area (Å²) in [5.74, 6) is 0.618. The number of halogens is 1. The van der Waals surface area contributed by atoms with E-state index in [9.17, 15) is 4.79 Å². The predicted octanol–water partition coefficient (Wildman–Crippen LogP) is 6.99. The average molecular weight is 532 g/mol. The van der Waals surface area contributed by atoms with Crippen LogP contribution in [-0.2, 0) is 11.3 Å². The monoisotopic (exact) mass is 531 g/mol. The molecule has 36 heavy (non-hydrogen) atoms. The third kappa shape index (κ3) is 5.09. The Kier molecular flexibility index (Phi) is 7.23. The van der Waals surface area contributed by atoms with Crippen molar-refractivity contribution in [3.05, 3.63) is 106 Å². The smallest absolute Gasteiger partial charge is 0.266 e. The van der Waals surface area contributed by atoms with E-state index in [-0.39, 0.29) is 5.91 Å². The number of ether oxygens (including phenoxy) is 1. The van der Waals surface area contributed by atoms with E-state index >= 15 is 0 Å². The molecule has 0 saturated carbocycles. The zero-order valence-electron chi connectivity index (χ0n) is 19.4.